The summed E-state index contributed by atoms with van der Waals surface area (Å²) in [5.74, 6) is -0.178. The normalized spacial score (nSPS) is 17.2. The van der Waals surface area contributed by atoms with E-state index in [0.717, 1.165) is 18.5 Å². The molecule has 0 saturated heterocycles. The molecule has 15 heavy (non-hydrogen) atoms. The molecule has 1 aliphatic carbocycles. The predicted molar refractivity (Wildman–Crippen MR) is 55.5 cm³/mol. The molecule has 0 atom stereocenters. The van der Waals surface area contributed by atoms with Gasteiger partial charge in [0.25, 0.3) is 5.91 Å². The van der Waals surface area contributed by atoms with Crippen LogP contribution in [0.3, 0.4) is 0 Å². The van der Waals surface area contributed by atoms with Gasteiger partial charge in [-0.1, -0.05) is 0 Å². The van der Waals surface area contributed by atoms with Gasteiger partial charge in [0.1, 0.15) is 0 Å². The summed E-state index contributed by atoms with van der Waals surface area (Å²) >= 11 is 0. The minimum Gasteiger partial charge on any atom is -0.388 e. The molecule has 1 aliphatic rings. The maximum Gasteiger partial charge on any atom is 0.252 e. The number of nitrogens with zero attached hydrogens (tertiary/aromatic N) is 1. The SMILES string of the molecule is Cc1ccc(C(=O)NCC2(O)CC2)cn1. The number of aliphatic hydroxyl groups is 1. The van der Waals surface area contributed by atoms with E-state index in [2.05, 4.69) is 10.3 Å². The van der Waals surface area contributed by atoms with Crippen LogP contribution in [-0.2, 0) is 0 Å². The summed E-state index contributed by atoms with van der Waals surface area (Å²) in [6.45, 7) is 2.20. The topological polar surface area (TPSA) is 62.2 Å². The van der Waals surface area contributed by atoms with Crippen molar-refractivity contribution in [2.75, 3.05) is 6.54 Å². The molecule has 0 aliphatic heterocycles. The summed E-state index contributed by atoms with van der Waals surface area (Å²) in [5, 5.41) is 12.2. The Morgan fingerprint density at radius 3 is 2.87 bits per heavy atom. The van der Waals surface area contributed by atoms with E-state index in [1.54, 1.807) is 18.3 Å². The maximum atomic E-state index is 11.6. The van der Waals surface area contributed by atoms with Gasteiger partial charge in [-0.15, -0.1) is 0 Å². The second-order valence-corrected chi connectivity index (χ2v) is 4.10. The zero-order valence-corrected chi connectivity index (χ0v) is 8.66. The van der Waals surface area contributed by atoms with E-state index in [1.165, 1.54) is 0 Å². The third kappa shape index (κ3) is 2.53. The number of hydrogen-bond acceptors (Lipinski definition) is 3. The van der Waals surface area contributed by atoms with Gasteiger partial charge >= 0.3 is 0 Å². The number of aromatic nitrogens is 1. The molecule has 1 fully saturated rings. The highest BCUT2D eigenvalue weighted by molar-refractivity contribution is 5.93. The van der Waals surface area contributed by atoms with E-state index in [-0.39, 0.29) is 5.91 Å². The zero-order chi connectivity index (χ0) is 10.9. The van der Waals surface area contributed by atoms with Crippen molar-refractivity contribution in [3.05, 3.63) is 29.6 Å². The van der Waals surface area contributed by atoms with Crippen LogP contribution in [-0.4, -0.2) is 28.1 Å². The van der Waals surface area contributed by atoms with Crippen LogP contribution < -0.4 is 5.32 Å². The summed E-state index contributed by atoms with van der Waals surface area (Å²) in [4.78, 5) is 15.6. The predicted octanol–water partition coefficient (Wildman–Crippen LogP) is 0.645. The Kier molecular flexibility index (Phi) is 2.44. The first-order valence-corrected chi connectivity index (χ1v) is 5.02. The van der Waals surface area contributed by atoms with Gasteiger partial charge in [-0.25, -0.2) is 0 Å². The molecular formula is C11H14N2O2. The lowest BCUT2D eigenvalue weighted by atomic mass is 10.2. The molecule has 4 nitrogen and oxygen atoms in total. The fraction of sp³-hybridized carbons (Fsp3) is 0.455. The number of rotatable bonds is 3. The first-order valence-electron chi connectivity index (χ1n) is 5.02. The van der Waals surface area contributed by atoms with E-state index in [4.69, 9.17) is 0 Å². The van der Waals surface area contributed by atoms with Crippen molar-refractivity contribution >= 4 is 5.91 Å². The number of aryl methyl sites for hydroxylation is 1. The summed E-state index contributed by atoms with van der Waals surface area (Å²) in [5.41, 5.74) is 0.769. The lowest BCUT2D eigenvalue weighted by molar-refractivity contribution is 0.0896. The first kappa shape index (κ1) is 10.1. The van der Waals surface area contributed by atoms with Crippen LogP contribution >= 0.6 is 0 Å². The number of pyridine rings is 1. The smallest absolute Gasteiger partial charge is 0.252 e. The van der Waals surface area contributed by atoms with Crippen LogP contribution in [0, 0.1) is 6.92 Å². The zero-order valence-electron chi connectivity index (χ0n) is 8.66. The highest BCUT2D eigenvalue weighted by Crippen LogP contribution is 2.33. The molecule has 0 unspecified atom stereocenters. The van der Waals surface area contributed by atoms with Gasteiger partial charge in [-0.3, -0.25) is 9.78 Å². The summed E-state index contributed by atoms with van der Waals surface area (Å²) in [7, 11) is 0. The molecule has 4 heteroatoms. The Balaban J connectivity index is 1.92. The number of amides is 1. The molecule has 0 spiro atoms. The molecule has 2 N–H and O–H groups in total. The van der Waals surface area contributed by atoms with Crippen molar-refractivity contribution in [2.45, 2.75) is 25.4 Å². The first-order chi connectivity index (χ1) is 7.09. The fourth-order valence-electron chi connectivity index (χ4n) is 1.27. The number of hydrogen-bond donors (Lipinski definition) is 2. The van der Waals surface area contributed by atoms with Crippen molar-refractivity contribution in [3.8, 4) is 0 Å². The van der Waals surface area contributed by atoms with E-state index < -0.39 is 5.60 Å². The van der Waals surface area contributed by atoms with Crippen LogP contribution in [0.25, 0.3) is 0 Å². The molecule has 80 valence electrons. The lowest BCUT2D eigenvalue weighted by Crippen LogP contribution is -2.33. The highest BCUT2D eigenvalue weighted by Gasteiger charge is 2.40. The summed E-state index contributed by atoms with van der Waals surface area (Å²) < 4.78 is 0. The third-order valence-electron chi connectivity index (χ3n) is 2.58. The standard InChI is InChI=1S/C11H14N2O2/c1-8-2-3-9(6-12-8)10(14)13-7-11(15)4-5-11/h2-3,6,15H,4-5,7H2,1H3,(H,13,14). The highest BCUT2D eigenvalue weighted by atomic mass is 16.3. The minimum atomic E-state index is -0.645. The molecule has 1 aromatic heterocycles. The van der Waals surface area contributed by atoms with Crippen molar-refractivity contribution in [3.63, 3.8) is 0 Å². The molecular weight excluding hydrogens is 192 g/mol. The van der Waals surface area contributed by atoms with Crippen molar-refractivity contribution in [2.24, 2.45) is 0 Å². The Morgan fingerprint density at radius 1 is 1.60 bits per heavy atom. The van der Waals surface area contributed by atoms with E-state index in [0.29, 0.717) is 12.1 Å². The van der Waals surface area contributed by atoms with Gasteiger partial charge in [0.2, 0.25) is 0 Å². The molecule has 0 bridgehead atoms. The molecule has 1 heterocycles. The quantitative estimate of drug-likeness (QED) is 0.763. The second kappa shape index (κ2) is 3.62. The van der Waals surface area contributed by atoms with E-state index >= 15 is 0 Å². The Labute approximate surface area is 88.3 Å². The average molecular weight is 206 g/mol. The van der Waals surface area contributed by atoms with E-state index in [9.17, 15) is 9.90 Å². The van der Waals surface area contributed by atoms with Gasteiger partial charge in [0.05, 0.1) is 11.2 Å². The largest absolute Gasteiger partial charge is 0.388 e. The Morgan fingerprint density at radius 2 is 2.33 bits per heavy atom. The van der Waals surface area contributed by atoms with Gasteiger partial charge in [0, 0.05) is 18.4 Å². The monoisotopic (exact) mass is 206 g/mol. The molecule has 1 amide bonds. The molecule has 0 aromatic carbocycles. The Hall–Kier alpha value is -1.42. The van der Waals surface area contributed by atoms with Crippen LogP contribution in [0.4, 0.5) is 0 Å². The van der Waals surface area contributed by atoms with Crippen LogP contribution in [0.2, 0.25) is 0 Å². The van der Waals surface area contributed by atoms with Gasteiger partial charge in [0.15, 0.2) is 0 Å². The van der Waals surface area contributed by atoms with Gasteiger partial charge < -0.3 is 10.4 Å². The molecule has 1 saturated carbocycles. The fourth-order valence-corrected chi connectivity index (χ4v) is 1.27. The van der Waals surface area contributed by atoms with Crippen molar-refractivity contribution in [1.82, 2.24) is 10.3 Å². The molecule has 0 radical (unpaired) electrons. The van der Waals surface area contributed by atoms with Crippen LogP contribution in [0.5, 0.6) is 0 Å². The maximum absolute atomic E-state index is 11.6. The van der Waals surface area contributed by atoms with Crippen LogP contribution in [0.15, 0.2) is 18.3 Å². The lowest BCUT2D eigenvalue weighted by Gasteiger charge is -2.09. The average Bonchev–Trinajstić information content (AvgIpc) is 2.95. The number of nitrogens with one attached hydrogen (secondary N) is 1. The molecule has 1 aromatic rings. The number of carbonyl (C=O) groups is 1. The van der Waals surface area contributed by atoms with Crippen LogP contribution in [0.1, 0.15) is 28.9 Å². The van der Waals surface area contributed by atoms with Gasteiger partial charge in [-0.05, 0) is 31.9 Å². The third-order valence-corrected chi connectivity index (χ3v) is 2.58. The van der Waals surface area contributed by atoms with Crippen molar-refractivity contribution < 1.29 is 9.90 Å². The number of carbonyl (C=O) groups excluding carboxylic acids is 1. The molecule has 2 rings (SSSR count). The van der Waals surface area contributed by atoms with Crippen molar-refractivity contribution in [1.29, 1.82) is 0 Å². The second-order valence-electron chi connectivity index (χ2n) is 4.10. The summed E-state index contributed by atoms with van der Waals surface area (Å²) in [6, 6.07) is 3.52. The van der Waals surface area contributed by atoms with E-state index in [1.807, 2.05) is 6.92 Å². The van der Waals surface area contributed by atoms with Gasteiger partial charge in [-0.2, -0.15) is 0 Å². The minimum absolute atomic E-state index is 0.178. The Bertz CT molecular complexity index is 369. The summed E-state index contributed by atoms with van der Waals surface area (Å²) in [6.07, 6.45) is 3.10.